The normalized spacial score (nSPS) is 11.7. The van der Waals surface area contributed by atoms with Crippen LogP contribution in [0.1, 0.15) is 43.0 Å². The fourth-order valence-electron chi connectivity index (χ4n) is 1.82. The van der Waals surface area contributed by atoms with Crippen molar-refractivity contribution in [3.8, 4) is 0 Å². The van der Waals surface area contributed by atoms with Gasteiger partial charge in [-0.15, -0.1) is 0 Å². The zero-order valence-electron chi connectivity index (χ0n) is 11.8. The van der Waals surface area contributed by atoms with Crippen LogP contribution >= 0.6 is 0 Å². The standard InChI is InChI=1S/C15H18FNO4/c1-2-3-12(15(20)21)17-14(19)9-8-13(18)10-4-6-11(16)7-5-10/h4-7,12H,2-3,8-9H2,1H3,(H,17,19)(H,20,21). The maximum absolute atomic E-state index is 12.7. The van der Waals surface area contributed by atoms with E-state index < -0.39 is 23.7 Å². The van der Waals surface area contributed by atoms with Gasteiger partial charge in [-0.3, -0.25) is 9.59 Å². The molecule has 5 nitrogen and oxygen atoms in total. The van der Waals surface area contributed by atoms with E-state index in [1.807, 2.05) is 6.92 Å². The number of hydrogen-bond acceptors (Lipinski definition) is 3. The highest BCUT2D eigenvalue weighted by atomic mass is 19.1. The quantitative estimate of drug-likeness (QED) is 0.720. The van der Waals surface area contributed by atoms with Crippen molar-refractivity contribution in [1.29, 1.82) is 0 Å². The minimum atomic E-state index is -1.09. The summed E-state index contributed by atoms with van der Waals surface area (Å²) in [5.74, 6) is -2.29. The third kappa shape index (κ3) is 5.72. The van der Waals surface area contributed by atoms with E-state index in [2.05, 4.69) is 5.32 Å². The van der Waals surface area contributed by atoms with Gasteiger partial charge < -0.3 is 10.4 Å². The molecule has 1 atom stereocenters. The van der Waals surface area contributed by atoms with Crippen LogP contribution in [0.15, 0.2) is 24.3 Å². The van der Waals surface area contributed by atoms with Crippen molar-refractivity contribution < 1.29 is 23.9 Å². The van der Waals surface area contributed by atoms with Crippen LogP contribution in [0.5, 0.6) is 0 Å². The Labute approximate surface area is 122 Å². The van der Waals surface area contributed by atoms with Gasteiger partial charge in [-0.1, -0.05) is 13.3 Å². The van der Waals surface area contributed by atoms with Gasteiger partial charge in [0.05, 0.1) is 0 Å². The molecule has 1 aromatic rings. The van der Waals surface area contributed by atoms with Crippen LogP contribution in [0.25, 0.3) is 0 Å². The second kappa shape index (κ2) is 8.14. The molecule has 1 aromatic carbocycles. The van der Waals surface area contributed by atoms with Crippen molar-refractivity contribution >= 4 is 17.7 Å². The number of benzene rings is 1. The predicted molar refractivity (Wildman–Crippen MR) is 74.4 cm³/mol. The molecule has 1 rings (SSSR count). The minimum absolute atomic E-state index is 0.0457. The maximum Gasteiger partial charge on any atom is 0.326 e. The lowest BCUT2D eigenvalue weighted by atomic mass is 10.1. The number of aliphatic carboxylic acids is 1. The zero-order chi connectivity index (χ0) is 15.8. The van der Waals surface area contributed by atoms with Gasteiger partial charge in [0, 0.05) is 18.4 Å². The molecular formula is C15H18FNO4. The third-order valence-corrected chi connectivity index (χ3v) is 2.96. The second-order valence-corrected chi connectivity index (χ2v) is 4.68. The van der Waals surface area contributed by atoms with Crippen LogP contribution < -0.4 is 5.32 Å². The molecule has 21 heavy (non-hydrogen) atoms. The molecule has 0 saturated carbocycles. The molecule has 0 bridgehead atoms. The number of carboxylic acid groups (broad SMARTS) is 1. The molecule has 0 aliphatic rings. The largest absolute Gasteiger partial charge is 0.480 e. The fraction of sp³-hybridized carbons (Fsp3) is 0.400. The first kappa shape index (κ1) is 16.8. The van der Waals surface area contributed by atoms with Crippen molar-refractivity contribution in [2.45, 2.75) is 38.6 Å². The summed E-state index contributed by atoms with van der Waals surface area (Å²) >= 11 is 0. The molecule has 0 aliphatic carbocycles. The number of hydrogen-bond donors (Lipinski definition) is 2. The molecule has 0 heterocycles. The number of ketones is 1. The highest BCUT2D eigenvalue weighted by molar-refractivity contribution is 5.98. The van der Waals surface area contributed by atoms with Gasteiger partial charge in [-0.25, -0.2) is 9.18 Å². The average Bonchev–Trinajstić information content (AvgIpc) is 2.45. The number of carboxylic acids is 1. The van der Waals surface area contributed by atoms with E-state index in [0.29, 0.717) is 18.4 Å². The molecule has 0 saturated heterocycles. The highest BCUT2D eigenvalue weighted by Gasteiger charge is 2.19. The lowest BCUT2D eigenvalue weighted by Crippen LogP contribution is -2.40. The van der Waals surface area contributed by atoms with E-state index >= 15 is 0 Å². The van der Waals surface area contributed by atoms with Crippen LogP contribution in [-0.4, -0.2) is 28.8 Å². The maximum atomic E-state index is 12.7. The van der Waals surface area contributed by atoms with Gasteiger partial charge >= 0.3 is 5.97 Å². The number of rotatable bonds is 8. The first-order chi connectivity index (χ1) is 9.93. The van der Waals surface area contributed by atoms with Crippen LogP contribution in [-0.2, 0) is 9.59 Å². The van der Waals surface area contributed by atoms with Crippen LogP contribution in [0.4, 0.5) is 4.39 Å². The molecule has 0 aliphatic heterocycles. The summed E-state index contributed by atoms with van der Waals surface area (Å²) in [5.41, 5.74) is 0.326. The van der Waals surface area contributed by atoms with Gasteiger partial charge in [-0.05, 0) is 30.7 Å². The number of amides is 1. The molecule has 1 amide bonds. The molecule has 2 N–H and O–H groups in total. The topological polar surface area (TPSA) is 83.5 Å². The number of Topliss-reactive ketones (excluding diaryl/α,β-unsaturated/α-hetero) is 1. The summed E-state index contributed by atoms with van der Waals surface area (Å²) in [5, 5.41) is 11.3. The average molecular weight is 295 g/mol. The van der Waals surface area contributed by atoms with E-state index in [-0.39, 0.29) is 18.6 Å². The van der Waals surface area contributed by atoms with Gasteiger partial charge in [0.2, 0.25) is 5.91 Å². The Morgan fingerprint density at radius 3 is 2.33 bits per heavy atom. The summed E-state index contributed by atoms with van der Waals surface area (Å²) in [7, 11) is 0. The summed E-state index contributed by atoms with van der Waals surface area (Å²) in [6, 6.07) is 4.13. The van der Waals surface area contributed by atoms with Gasteiger partial charge in [0.25, 0.3) is 0 Å². The molecule has 0 radical (unpaired) electrons. The van der Waals surface area contributed by atoms with Crippen LogP contribution in [0, 0.1) is 5.82 Å². The predicted octanol–water partition coefficient (Wildman–Crippen LogP) is 2.16. The second-order valence-electron chi connectivity index (χ2n) is 4.68. The third-order valence-electron chi connectivity index (χ3n) is 2.96. The molecule has 0 aromatic heterocycles. The molecule has 6 heteroatoms. The molecule has 0 fully saturated rings. The minimum Gasteiger partial charge on any atom is -0.480 e. The molecular weight excluding hydrogens is 277 g/mol. The lowest BCUT2D eigenvalue weighted by Gasteiger charge is -2.13. The lowest BCUT2D eigenvalue weighted by molar-refractivity contribution is -0.142. The van der Waals surface area contributed by atoms with Crippen LogP contribution in [0.3, 0.4) is 0 Å². The molecule has 114 valence electrons. The Balaban J connectivity index is 2.46. The summed E-state index contributed by atoms with van der Waals surface area (Å²) in [4.78, 5) is 34.3. The highest BCUT2D eigenvalue weighted by Crippen LogP contribution is 2.07. The van der Waals surface area contributed by atoms with E-state index in [0.717, 1.165) is 0 Å². The smallest absolute Gasteiger partial charge is 0.326 e. The van der Waals surface area contributed by atoms with E-state index in [4.69, 9.17) is 5.11 Å². The number of carbonyl (C=O) groups excluding carboxylic acids is 2. The number of nitrogens with one attached hydrogen (secondary N) is 1. The van der Waals surface area contributed by atoms with Crippen molar-refractivity contribution in [3.05, 3.63) is 35.6 Å². The number of carbonyl (C=O) groups is 3. The van der Waals surface area contributed by atoms with Crippen molar-refractivity contribution in [1.82, 2.24) is 5.32 Å². The Morgan fingerprint density at radius 1 is 1.19 bits per heavy atom. The SMILES string of the molecule is CCCC(NC(=O)CCC(=O)c1ccc(F)cc1)C(=O)O. The van der Waals surface area contributed by atoms with Gasteiger partial charge in [0.15, 0.2) is 5.78 Å². The number of halogens is 1. The van der Waals surface area contributed by atoms with Crippen molar-refractivity contribution in [2.24, 2.45) is 0 Å². The summed E-state index contributed by atoms with van der Waals surface area (Å²) in [6.45, 7) is 1.82. The Kier molecular flexibility index (Phi) is 6.52. The van der Waals surface area contributed by atoms with Crippen LogP contribution in [0.2, 0.25) is 0 Å². The van der Waals surface area contributed by atoms with E-state index in [9.17, 15) is 18.8 Å². The van der Waals surface area contributed by atoms with Crippen molar-refractivity contribution in [3.63, 3.8) is 0 Å². The van der Waals surface area contributed by atoms with E-state index in [1.54, 1.807) is 0 Å². The van der Waals surface area contributed by atoms with Crippen molar-refractivity contribution in [2.75, 3.05) is 0 Å². The Morgan fingerprint density at radius 2 is 1.81 bits per heavy atom. The first-order valence-electron chi connectivity index (χ1n) is 6.75. The first-order valence-corrected chi connectivity index (χ1v) is 6.75. The molecule has 1 unspecified atom stereocenters. The van der Waals surface area contributed by atoms with Gasteiger partial charge in [0.1, 0.15) is 11.9 Å². The summed E-state index contributed by atoms with van der Waals surface area (Å²) < 4.78 is 12.7. The Bertz CT molecular complexity index is 513. The zero-order valence-corrected chi connectivity index (χ0v) is 11.8. The van der Waals surface area contributed by atoms with E-state index in [1.165, 1.54) is 24.3 Å². The molecule has 0 spiro atoms. The summed E-state index contributed by atoms with van der Waals surface area (Å²) in [6.07, 6.45) is 0.832. The monoisotopic (exact) mass is 295 g/mol. The fourth-order valence-corrected chi connectivity index (χ4v) is 1.82. The van der Waals surface area contributed by atoms with Gasteiger partial charge in [-0.2, -0.15) is 0 Å². The Hall–Kier alpha value is -2.24.